The van der Waals surface area contributed by atoms with Gasteiger partial charge in [0.25, 0.3) is 0 Å². The highest BCUT2D eigenvalue weighted by Crippen LogP contribution is 2.27. The van der Waals surface area contributed by atoms with Gasteiger partial charge < -0.3 is 15.3 Å². The molecule has 1 fully saturated rings. The maximum Gasteiger partial charge on any atom is 0.134 e. The van der Waals surface area contributed by atoms with E-state index in [1.165, 1.54) is 45.3 Å². The average molecular weight is 341 g/mol. The second-order valence-corrected chi connectivity index (χ2v) is 6.45. The van der Waals surface area contributed by atoms with E-state index in [1.54, 1.807) is 0 Å². The van der Waals surface area contributed by atoms with E-state index in [4.69, 9.17) is 0 Å². The van der Waals surface area contributed by atoms with E-state index in [2.05, 4.69) is 33.1 Å². The predicted molar refractivity (Wildman–Crippen MR) is 87.0 cm³/mol. The van der Waals surface area contributed by atoms with Crippen LogP contribution in [0.25, 0.3) is 0 Å². The van der Waals surface area contributed by atoms with Crippen molar-refractivity contribution in [3.63, 3.8) is 0 Å². The number of phenols is 1. The van der Waals surface area contributed by atoms with Crippen LogP contribution in [0.2, 0.25) is 0 Å². The van der Waals surface area contributed by atoms with Gasteiger partial charge in [-0.25, -0.2) is 0 Å². The lowest BCUT2D eigenvalue weighted by Gasteiger charge is -2.32. The number of para-hydroxylation sites is 1. The Labute approximate surface area is 130 Å². The van der Waals surface area contributed by atoms with Crippen LogP contribution in [0.1, 0.15) is 38.2 Å². The van der Waals surface area contributed by atoms with E-state index in [-0.39, 0.29) is 0 Å². The van der Waals surface area contributed by atoms with E-state index in [0.717, 1.165) is 16.6 Å². The molecule has 0 spiro atoms. The van der Waals surface area contributed by atoms with Gasteiger partial charge in [0, 0.05) is 18.2 Å². The molecule has 0 saturated carbocycles. The van der Waals surface area contributed by atoms with Crippen LogP contribution in [0.5, 0.6) is 5.75 Å². The lowest BCUT2D eigenvalue weighted by atomic mass is 10.0. The normalized spacial score (nSPS) is 17.5. The van der Waals surface area contributed by atoms with Crippen molar-refractivity contribution in [1.29, 1.82) is 0 Å². The molecule has 1 heterocycles. The fraction of sp³-hybridized carbons (Fsp3) is 0.625. The number of phenolic OH excluding ortho intramolecular Hbond substituents is 1. The van der Waals surface area contributed by atoms with Crippen LogP contribution in [0, 0.1) is 0 Å². The summed E-state index contributed by atoms with van der Waals surface area (Å²) in [5.41, 5.74) is 0.966. The fourth-order valence-electron chi connectivity index (χ4n) is 2.70. The van der Waals surface area contributed by atoms with Crippen molar-refractivity contribution < 1.29 is 5.11 Å². The summed E-state index contributed by atoms with van der Waals surface area (Å²) in [5.74, 6) is 0.361. The van der Waals surface area contributed by atoms with Gasteiger partial charge in [0.2, 0.25) is 0 Å². The molecule has 3 nitrogen and oxygen atoms in total. The average Bonchev–Trinajstić information content (AvgIpc) is 2.48. The molecule has 0 aliphatic carbocycles. The van der Waals surface area contributed by atoms with Crippen molar-refractivity contribution >= 4 is 15.9 Å². The molecule has 1 aliphatic heterocycles. The number of hydrogen-bond acceptors (Lipinski definition) is 3. The molecule has 20 heavy (non-hydrogen) atoms. The van der Waals surface area contributed by atoms with Crippen LogP contribution >= 0.6 is 15.9 Å². The zero-order valence-corrected chi connectivity index (χ0v) is 13.8. The summed E-state index contributed by atoms with van der Waals surface area (Å²) >= 11 is 3.36. The molecule has 0 atom stereocenters. The molecule has 0 radical (unpaired) electrons. The number of piperidine rings is 1. The highest BCUT2D eigenvalue weighted by Gasteiger charge is 2.18. The van der Waals surface area contributed by atoms with Crippen LogP contribution in [-0.2, 0) is 6.54 Å². The van der Waals surface area contributed by atoms with Gasteiger partial charge in [0.05, 0.1) is 4.47 Å². The fourth-order valence-corrected chi connectivity index (χ4v) is 3.11. The van der Waals surface area contributed by atoms with E-state index in [9.17, 15) is 5.11 Å². The molecule has 112 valence electrons. The molecule has 0 unspecified atom stereocenters. The van der Waals surface area contributed by atoms with Crippen molar-refractivity contribution in [1.82, 2.24) is 10.2 Å². The van der Waals surface area contributed by atoms with Crippen molar-refractivity contribution in [3.05, 3.63) is 28.2 Å². The van der Waals surface area contributed by atoms with Crippen molar-refractivity contribution in [2.75, 3.05) is 19.6 Å². The molecule has 1 aromatic carbocycles. The summed E-state index contributed by atoms with van der Waals surface area (Å²) in [6.45, 7) is 6.63. The number of nitrogens with zero attached hydrogens (tertiary/aromatic N) is 1. The third kappa shape index (κ3) is 4.47. The Hall–Kier alpha value is -0.580. The number of unbranched alkanes of at least 4 members (excludes halogenated alkanes) is 1. The largest absolute Gasteiger partial charge is 0.506 e. The first-order valence-electron chi connectivity index (χ1n) is 7.62. The highest BCUT2D eigenvalue weighted by molar-refractivity contribution is 9.10. The second kappa shape index (κ2) is 8.01. The van der Waals surface area contributed by atoms with Crippen molar-refractivity contribution in [2.24, 2.45) is 0 Å². The minimum Gasteiger partial charge on any atom is -0.506 e. The van der Waals surface area contributed by atoms with E-state index < -0.39 is 0 Å². The van der Waals surface area contributed by atoms with E-state index >= 15 is 0 Å². The molecule has 0 bridgehead atoms. The number of benzene rings is 1. The smallest absolute Gasteiger partial charge is 0.134 e. The SMILES string of the molecule is CCCCN1CCC(NCc2cccc(Br)c2O)CC1. The molecular formula is C16H25BrN2O. The molecule has 1 aliphatic rings. The number of rotatable bonds is 6. The quantitative estimate of drug-likeness (QED) is 0.831. The maximum atomic E-state index is 9.97. The molecule has 0 aromatic heterocycles. The monoisotopic (exact) mass is 340 g/mol. The molecule has 2 N–H and O–H groups in total. The topological polar surface area (TPSA) is 35.5 Å². The number of halogens is 1. The van der Waals surface area contributed by atoms with Gasteiger partial charge in [-0.1, -0.05) is 25.5 Å². The number of likely N-dealkylation sites (tertiary alicyclic amines) is 1. The number of aromatic hydroxyl groups is 1. The van der Waals surface area contributed by atoms with E-state index in [0.29, 0.717) is 11.8 Å². The van der Waals surface area contributed by atoms with Gasteiger partial charge in [-0.2, -0.15) is 0 Å². The van der Waals surface area contributed by atoms with E-state index in [1.807, 2.05) is 18.2 Å². The Morgan fingerprint density at radius 3 is 2.80 bits per heavy atom. The van der Waals surface area contributed by atoms with Gasteiger partial charge in [0.1, 0.15) is 5.75 Å². The molecule has 0 amide bonds. The summed E-state index contributed by atoms with van der Waals surface area (Å²) in [6.07, 6.45) is 5.00. The van der Waals surface area contributed by atoms with Gasteiger partial charge in [-0.15, -0.1) is 0 Å². The summed E-state index contributed by atoms with van der Waals surface area (Å²) < 4.78 is 0.770. The molecule has 1 saturated heterocycles. The first-order valence-corrected chi connectivity index (χ1v) is 8.42. The van der Waals surface area contributed by atoms with Crippen LogP contribution < -0.4 is 5.32 Å². The maximum absolute atomic E-state index is 9.97. The first-order chi connectivity index (χ1) is 9.70. The van der Waals surface area contributed by atoms with Gasteiger partial charge in [-0.3, -0.25) is 0 Å². The van der Waals surface area contributed by atoms with Gasteiger partial charge in [0.15, 0.2) is 0 Å². The summed E-state index contributed by atoms with van der Waals surface area (Å²) in [6, 6.07) is 6.38. The zero-order valence-electron chi connectivity index (χ0n) is 12.2. The lowest BCUT2D eigenvalue weighted by Crippen LogP contribution is -2.42. The minimum atomic E-state index is 0.361. The minimum absolute atomic E-state index is 0.361. The summed E-state index contributed by atoms with van der Waals surface area (Å²) in [4.78, 5) is 2.57. The van der Waals surface area contributed by atoms with Crippen molar-refractivity contribution in [2.45, 2.75) is 45.2 Å². The Bertz CT molecular complexity index is 417. The first kappa shape index (κ1) is 15.8. The Morgan fingerprint density at radius 1 is 1.35 bits per heavy atom. The Balaban J connectivity index is 1.74. The lowest BCUT2D eigenvalue weighted by molar-refractivity contribution is 0.195. The standard InChI is InChI=1S/C16H25BrN2O/c1-2-3-9-19-10-7-14(8-11-19)18-12-13-5-4-6-15(17)16(13)20/h4-6,14,18,20H,2-3,7-12H2,1H3. The number of hydrogen-bond donors (Lipinski definition) is 2. The van der Waals surface area contributed by atoms with Crippen LogP contribution in [0.4, 0.5) is 0 Å². The number of nitrogens with one attached hydrogen (secondary N) is 1. The Kier molecular flexibility index (Phi) is 6.33. The van der Waals surface area contributed by atoms with Gasteiger partial charge >= 0.3 is 0 Å². The molecule has 1 aromatic rings. The van der Waals surface area contributed by atoms with Gasteiger partial charge in [-0.05, 0) is 60.9 Å². The predicted octanol–water partition coefficient (Wildman–Crippen LogP) is 3.51. The zero-order chi connectivity index (χ0) is 14.4. The molecule has 2 rings (SSSR count). The van der Waals surface area contributed by atoms with Crippen molar-refractivity contribution in [3.8, 4) is 5.75 Å². The van der Waals surface area contributed by atoms with Crippen LogP contribution in [0.3, 0.4) is 0 Å². The highest BCUT2D eigenvalue weighted by atomic mass is 79.9. The Morgan fingerprint density at radius 2 is 2.10 bits per heavy atom. The third-order valence-corrected chi connectivity index (χ3v) is 4.71. The van der Waals surface area contributed by atoms with Crippen LogP contribution in [-0.4, -0.2) is 35.7 Å². The summed E-state index contributed by atoms with van der Waals surface area (Å²) in [5, 5.41) is 13.5. The third-order valence-electron chi connectivity index (χ3n) is 4.07. The molecular weight excluding hydrogens is 316 g/mol. The second-order valence-electron chi connectivity index (χ2n) is 5.60. The van der Waals surface area contributed by atoms with Crippen LogP contribution in [0.15, 0.2) is 22.7 Å². The molecule has 4 heteroatoms. The summed E-state index contributed by atoms with van der Waals surface area (Å²) in [7, 11) is 0.